The molecule has 0 aromatic heterocycles. The summed E-state index contributed by atoms with van der Waals surface area (Å²) in [5, 5.41) is 7.08. The SMILES string of the molecule is Nc1cc(C(=O)NCCS(N)(=O)=O)ccc1F. The average molecular weight is 261 g/mol. The van der Waals surface area contributed by atoms with Gasteiger partial charge in [0.1, 0.15) is 5.82 Å². The molecule has 5 N–H and O–H groups in total. The number of hydrogen-bond donors (Lipinski definition) is 3. The van der Waals surface area contributed by atoms with Gasteiger partial charge < -0.3 is 11.1 Å². The molecule has 0 saturated carbocycles. The van der Waals surface area contributed by atoms with Gasteiger partial charge in [0.15, 0.2) is 0 Å². The molecule has 0 atom stereocenters. The Hall–Kier alpha value is -1.67. The van der Waals surface area contributed by atoms with Crippen LogP contribution in [0.4, 0.5) is 10.1 Å². The lowest BCUT2D eigenvalue weighted by atomic mass is 10.2. The molecule has 0 fully saturated rings. The van der Waals surface area contributed by atoms with Crippen molar-refractivity contribution in [1.29, 1.82) is 0 Å². The van der Waals surface area contributed by atoms with E-state index < -0.39 is 21.7 Å². The van der Waals surface area contributed by atoms with Crippen LogP contribution >= 0.6 is 0 Å². The first kappa shape index (κ1) is 13.4. The number of carbonyl (C=O) groups excluding carboxylic acids is 1. The van der Waals surface area contributed by atoms with Gasteiger partial charge >= 0.3 is 0 Å². The first-order chi connectivity index (χ1) is 7.79. The molecule has 1 aromatic rings. The third-order valence-corrected chi connectivity index (χ3v) is 2.70. The molecule has 8 heteroatoms. The topological polar surface area (TPSA) is 115 Å². The van der Waals surface area contributed by atoms with Crippen molar-refractivity contribution in [1.82, 2.24) is 5.32 Å². The quantitative estimate of drug-likeness (QED) is 0.629. The fourth-order valence-corrected chi connectivity index (χ4v) is 1.48. The standard InChI is InChI=1S/C9H12FN3O3S/c10-7-2-1-6(5-8(7)11)9(14)13-3-4-17(12,15)16/h1-2,5H,3-4,11H2,(H,13,14)(H2,12,15,16). The second kappa shape index (κ2) is 5.11. The third kappa shape index (κ3) is 4.37. The summed E-state index contributed by atoms with van der Waals surface area (Å²) in [6.45, 7) is -0.116. The molecular formula is C9H12FN3O3S. The lowest BCUT2D eigenvalue weighted by Gasteiger charge is -2.05. The Morgan fingerprint density at radius 1 is 1.41 bits per heavy atom. The minimum atomic E-state index is -3.62. The number of primary sulfonamides is 1. The van der Waals surface area contributed by atoms with Crippen LogP contribution in [0.25, 0.3) is 0 Å². The first-order valence-electron chi connectivity index (χ1n) is 4.63. The molecule has 0 saturated heterocycles. The Labute approximate surface area is 97.8 Å². The van der Waals surface area contributed by atoms with E-state index in [1.807, 2.05) is 0 Å². The van der Waals surface area contributed by atoms with Crippen molar-refractivity contribution in [3.63, 3.8) is 0 Å². The number of carbonyl (C=O) groups is 1. The summed E-state index contributed by atoms with van der Waals surface area (Å²) in [5.74, 6) is -1.53. The van der Waals surface area contributed by atoms with E-state index in [1.165, 1.54) is 12.1 Å². The zero-order valence-corrected chi connectivity index (χ0v) is 9.63. The molecule has 94 valence electrons. The fourth-order valence-electron chi connectivity index (χ4n) is 1.09. The number of nitrogens with one attached hydrogen (secondary N) is 1. The molecule has 0 radical (unpaired) electrons. The van der Waals surface area contributed by atoms with Crippen molar-refractivity contribution in [3.8, 4) is 0 Å². The summed E-state index contributed by atoms with van der Waals surface area (Å²) in [6, 6.07) is 3.48. The van der Waals surface area contributed by atoms with Crippen molar-refractivity contribution in [2.24, 2.45) is 5.14 Å². The van der Waals surface area contributed by atoms with Crippen molar-refractivity contribution < 1.29 is 17.6 Å². The van der Waals surface area contributed by atoms with Gasteiger partial charge in [-0.2, -0.15) is 0 Å². The number of hydrogen-bond acceptors (Lipinski definition) is 4. The summed E-state index contributed by atoms with van der Waals surface area (Å²) in [5.41, 5.74) is 5.29. The summed E-state index contributed by atoms with van der Waals surface area (Å²) in [6.07, 6.45) is 0. The molecular weight excluding hydrogens is 249 g/mol. The number of rotatable bonds is 4. The minimum Gasteiger partial charge on any atom is -0.396 e. The highest BCUT2D eigenvalue weighted by Crippen LogP contribution is 2.11. The van der Waals surface area contributed by atoms with Crippen LogP contribution in [-0.2, 0) is 10.0 Å². The lowest BCUT2D eigenvalue weighted by Crippen LogP contribution is -2.31. The van der Waals surface area contributed by atoms with Crippen LogP contribution in [0.1, 0.15) is 10.4 Å². The van der Waals surface area contributed by atoms with E-state index >= 15 is 0 Å². The van der Waals surface area contributed by atoms with E-state index in [-0.39, 0.29) is 23.5 Å². The molecule has 0 aliphatic carbocycles. The maximum atomic E-state index is 12.8. The van der Waals surface area contributed by atoms with Gasteiger partial charge in [0, 0.05) is 12.1 Å². The highest BCUT2D eigenvalue weighted by molar-refractivity contribution is 7.89. The van der Waals surface area contributed by atoms with Crippen LogP contribution in [0.5, 0.6) is 0 Å². The highest BCUT2D eigenvalue weighted by atomic mass is 32.2. The number of anilines is 1. The summed E-state index contributed by atoms with van der Waals surface area (Å²) >= 11 is 0. The predicted molar refractivity (Wildman–Crippen MR) is 61.1 cm³/mol. The van der Waals surface area contributed by atoms with Gasteiger partial charge in [-0.15, -0.1) is 0 Å². The zero-order chi connectivity index (χ0) is 13.1. The van der Waals surface area contributed by atoms with E-state index in [1.54, 1.807) is 0 Å². The van der Waals surface area contributed by atoms with Crippen LogP contribution in [0.3, 0.4) is 0 Å². The molecule has 17 heavy (non-hydrogen) atoms. The van der Waals surface area contributed by atoms with Gasteiger partial charge in [0.25, 0.3) is 5.91 Å². The number of sulfonamides is 1. The van der Waals surface area contributed by atoms with E-state index in [2.05, 4.69) is 5.32 Å². The van der Waals surface area contributed by atoms with Gasteiger partial charge in [-0.3, -0.25) is 4.79 Å². The minimum absolute atomic E-state index is 0.116. The second-order valence-corrected chi connectivity index (χ2v) is 5.09. The molecule has 0 spiro atoms. The van der Waals surface area contributed by atoms with Gasteiger partial charge in [-0.05, 0) is 18.2 Å². The van der Waals surface area contributed by atoms with Crippen molar-refractivity contribution >= 4 is 21.6 Å². The van der Waals surface area contributed by atoms with Crippen molar-refractivity contribution in [3.05, 3.63) is 29.6 Å². The molecule has 0 unspecified atom stereocenters. The Kier molecular flexibility index (Phi) is 4.02. The second-order valence-electron chi connectivity index (χ2n) is 3.36. The van der Waals surface area contributed by atoms with Crippen LogP contribution in [0.15, 0.2) is 18.2 Å². The Morgan fingerprint density at radius 3 is 2.59 bits per heavy atom. The zero-order valence-electron chi connectivity index (χ0n) is 8.81. The highest BCUT2D eigenvalue weighted by Gasteiger charge is 2.09. The smallest absolute Gasteiger partial charge is 0.251 e. The molecule has 0 aliphatic heterocycles. The van der Waals surface area contributed by atoms with E-state index in [4.69, 9.17) is 10.9 Å². The number of halogens is 1. The average Bonchev–Trinajstić information content (AvgIpc) is 2.20. The maximum absolute atomic E-state index is 12.8. The Bertz CT molecular complexity index is 530. The van der Waals surface area contributed by atoms with Gasteiger partial charge in [0.05, 0.1) is 11.4 Å². The van der Waals surface area contributed by atoms with Crippen LogP contribution in [0.2, 0.25) is 0 Å². The van der Waals surface area contributed by atoms with Gasteiger partial charge in [-0.1, -0.05) is 0 Å². The van der Waals surface area contributed by atoms with Crippen molar-refractivity contribution in [2.75, 3.05) is 18.0 Å². The number of amides is 1. The lowest BCUT2D eigenvalue weighted by molar-refractivity contribution is 0.0956. The number of nitrogens with two attached hydrogens (primary N) is 2. The van der Waals surface area contributed by atoms with Crippen molar-refractivity contribution in [2.45, 2.75) is 0 Å². The Morgan fingerprint density at radius 2 is 2.06 bits per heavy atom. The summed E-state index contributed by atoms with van der Waals surface area (Å²) < 4.78 is 34.0. The maximum Gasteiger partial charge on any atom is 0.251 e. The summed E-state index contributed by atoms with van der Waals surface area (Å²) in [4.78, 5) is 11.5. The molecule has 6 nitrogen and oxygen atoms in total. The molecule has 1 amide bonds. The first-order valence-corrected chi connectivity index (χ1v) is 6.35. The van der Waals surface area contributed by atoms with Gasteiger partial charge in [-0.25, -0.2) is 17.9 Å². The van der Waals surface area contributed by atoms with Crippen LogP contribution in [0, 0.1) is 5.82 Å². The summed E-state index contributed by atoms with van der Waals surface area (Å²) in [7, 11) is -3.62. The molecule has 0 heterocycles. The normalized spacial score (nSPS) is 11.2. The van der Waals surface area contributed by atoms with E-state index in [0.29, 0.717) is 0 Å². The molecule has 1 aromatic carbocycles. The number of nitrogen functional groups attached to an aromatic ring is 1. The number of benzene rings is 1. The molecule has 0 bridgehead atoms. The largest absolute Gasteiger partial charge is 0.396 e. The monoisotopic (exact) mass is 261 g/mol. The molecule has 1 rings (SSSR count). The van der Waals surface area contributed by atoms with Crippen LogP contribution < -0.4 is 16.2 Å². The van der Waals surface area contributed by atoms with E-state index in [9.17, 15) is 17.6 Å². The van der Waals surface area contributed by atoms with E-state index in [0.717, 1.165) is 6.07 Å². The third-order valence-electron chi connectivity index (χ3n) is 1.93. The Balaban J connectivity index is 2.61. The molecule has 0 aliphatic rings. The predicted octanol–water partition coefficient (Wildman–Crippen LogP) is -0.574. The fraction of sp³-hybridized carbons (Fsp3) is 0.222. The van der Waals surface area contributed by atoms with Gasteiger partial charge in [0.2, 0.25) is 10.0 Å². The van der Waals surface area contributed by atoms with Crippen LogP contribution in [-0.4, -0.2) is 26.6 Å².